The summed E-state index contributed by atoms with van der Waals surface area (Å²) in [6, 6.07) is 13.0. The molecule has 7 fully saturated rings. The van der Waals surface area contributed by atoms with Crippen LogP contribution in [0, 0.1) is 34.0 Å². The predicted molar refractivity (Wildman–Crippen MR) is 281 cm³/mol. The van der Waals surface area contributed by atoms with Crippen molar-refractivity contribution in [3.8, 4) is 11.5 Å². The second-order valence-electron chi connectivity index (χ2n) is 24.4. The van der Waals surface area contributed by atoms with E-state index in [0.717, 1.165) is 99.5 Å². The number of rotatable bonds is 2. The van der Waals surface area contributed by atoms with E-state index < -0.39 is 11.7 Å². The number of carbonyl (C=O) groups excluding carboxylic acids is 2. The maximum atomic E-state index is 14.8. The van der Waals surface area contributed by atoms with Gasteiger partial charge in [-0.25, -0.2) is 0 Å². The van der Waals surface area contributed by atoms with Crippen molar-refractivity contribution >= 4 is 39.4 Å². The van der Waals surface area contributed by atoms with Gasteiger partial charge in [0.05, 0.1) is 6.10 Å². The van der Waals surface area contributed by atoms with Crippen LogP contribution in [0.3, 0.4) is 0 Å². The Bertz CT molecular complexity index is 2260. The number of aliphatic hydroxyl groups excluding tert-OH is 1. The molecule has 382 valence electrons. The van der Waals surface area contributed by atoms with Crippen molar-refractivity contribution in [2.45, 2.75) is 215 Å². The van der Waals surface area contributed by atoms with Crippen molar-refractivity contribution in [1.82, 2.24) is 10.2 Å². The summed E-state index contributed by atoms with van der Waals surface area (Å²) in [7, 11) is 4.19. The molecule has 9 atom stereocenters. The number of benzene rings is 2. The monoisotopic (exact) mass is 995 g/mol. The van der Waals surface area contributed by atoms with Crippen molar-refractivity contribution in [1.29, 1.82) is 0 Å². The summed E-state index contributed by atoms with van der Waals surface area (Å²) in [5, 5.41) is 28.4. The van der Waals surface area contributed by atoms with Gasteiger partial charge in [-0.05, 0) is 175 Å². The van der Waals surface area contributed by atoms with E-state index in [0.29, 0.717) is 68.4 Å². The topological polar surface area (TPSA) is 147 Å². The van der Waals surface area contributed by atoms with Gasteiger partial charge in [-0.3, -0.25) is 14.6 Å². The summed E-state index contributed by atoms with van der Waals surface area (Å²) in [5.41, 5.74) is 10.7. The number of carbonyl (C=O) groups is 2. The molecule has 12 rings (SSSR count). The summed E-state index contributed by atoms with van der Waals surface area (Å²) < 4.78 is 13.2. The smallest absolute Gasteiger partial charge is 0.303 e. The number of phenolic OH excluding ortho intramolecular Hbond substituents is 1. The minimum absolute atomic E-state index is 0.0697. The van der Waals surface area contributed by atoms with Crippen LogP contribution in [0.5, 0.6) is 11.5 Å². The highest BCUT2D eigenvalue weighted by Gasteiger charge is 2.59. The summed E-state index contributed by atoms with van der Waals surface area (Å²) in [6.07, 6.45) is 27.3. The van der Waals surface area contributed by atoms with Gasteiger partial charge in [0.25, 0.3) is 0 Å². The Labute approximate surface area is 426 Å². The number of nitrogens with two attached hydrogens (primary N) is 1. The fraction of sp³-hybridized carbons (Fsp3) is 0.741. The van der Waals surface area contributed by atoms with Crippen molar-refractivity contribution in [2.75, 3.05) is 18.8 Å². The van der Waals surface area contributed by atoms with Gasteiger partial charge in [-0.2, -0.15) is 0 Å². The van der Waals surface area contributed by atoms with E-state index in [1.807, 2.05) is 4.90 Å². The molecule has 0 aromatic heterocycles. The number of esters is 1. The lowest BCUT2D eigenvalue weighted by Crippen LogP contribution is -2.55. The van der Waals surface area contributed by atoms with E-state index in [4.69, 9.17) is 20.2 Å². The number of hydrogen-bond donors (Lipinski definition) is 4. The van der Waals surface area contributed by atoms with Crippen LogP contribution in [0.2, 0.25) is 0 Å². The third-order valence-corrected chi connectivity index (χ3v) is 24.0. The van der Waals surface area contributed by atoms with Crippen LogP contribution in [0.1, 0.15) is 196 Å². The highest BCUT2D eigenvalue weighted by atomic mass is 33.1. The Hall–Kier alpha value is -3.09. The number of phenols is 1. The van der Waals surface area contributed by atoms with Crippen LogP contribution < -0.4 is 15.8 Å². The largest absolute Gasteiger partial charge is 0.504 e. The number of fused-ring (bicyclic) bond motifs is 11. The zero-order valence-corrected chi connectivity index (χ0v) is 43.8. The van der Waals surface area contributed by atoms with Gasteiger partial charge in [0.2, 0.25) is 5.91 Å². The zero-order valence-electron chi connectivity index (χ0n) is 42.2. The van der Waals surface area contributed by atoms with Gasteiger partial charge in [0, 0.05) is 67.1 Å². The molecule has 6 aliphatic carbocycles. The Morgan fingerprint density at radius 1 is 0.857 bits per heavy atom. The average Bonchev–Trinajstić information content (AvgIpc) is 4.22. The van der Waals surface area contributed by atoms with Gasteiger partial charge < -0.3 is 35.6 Å². The number of aromatic hydroxyl groups is 1. The molecule has 4 spiro atoms. The first kappa shape index (κ1) is 49.1. The molecular formula is C58H82N4O6S2. The highest BCUT2D eigenvalue weighted by molar-refractivity contribution is 8.77. The SMILES string of the molecule is CC(=O)OC12CCc3cc(c(O)c4c3CCC3CCCC3O4)CN3CC4(CC3=O)C(CCC4c3ccccc3)CN=C(N)NC3(CCCC34CCCC4)SSCC3(CCCC3)CCCC(CC1)C(O)C2. The van der Waals surface area contributed by atoms with Crippen molar-refractivity contribution < 1.29 is 29.3 Å². The highest BCUT2D eigenvalue weighted by Crippen LogP contribution is 2.64. The van der Waals surface area contributed by atoms with E-state index in [9.17, 15) is 19.8 Å². The number of amides is 1. The fourth-order valence-electron chi connectivity index (χ4n) is 16.8. The number of nitrogens with zero attached hydrogens (tertiary/aromatic N) is 2. The predicted octanol–water partition coefficient (Wildman–Crippen LogP) is 11.7. The normalized spacial score (nSPS) is 36.6. The van der Waals surface area contributed by atoms with Crippen LogP contribution in [0.25, 0.3) is 0 Å². The molecule has 6 saturated carbocycles. The van der Waals surface area contributed by atoms with Crippen molar-refractivity contribution in [2.24, 2.45) is 44.7 Å². The molecule has 5 N–H and O–H groups in total. The molecule has 9 unspecified atom stereocenters. The molecule has 6 bridgehead atoms. The Morgan fingerprint density at radius 3 is 2.43 bits per heavy atom. The second-order valence-corrected chi connectivity index (χ2v) is 27.0. The summed E-state index contributed by atoms with van der Waals surface area (Å²) >= 11 is 0. The number of guanidine groups is 1. The Morgan fingerprint density at radius 2 is 1.63 bits per heavy atom. The number of ether oxygens (including phenoxy) is 2. The Balaban J connectivity index is 0.957. The lowest BCUT2D eigenvalue weighted by Gasteiger charge is -2.44. The molecule has 1 amide bonds. The number of aliphatic hydroxyl groups is 1. The molecule has 0 radical (unpaired) electrons. The van der Waals surface area contributed by atoms with E-state index in [-0.39, 0.29) is 57.2 Å². The van der Waals surface area contributed by atoms with Crippen molar-refractivity contribution in [3.05, 3.63) is 58.7 Å². The van der Waals surface area contributed by atoms with Gasteiger partial charge in [-0.1, -0.05) is 84.0 Å². The first-order valence-electron chi connectivity index (χ1n) is 28.0. The number of nitrogens with one attached hydrogen (secondary N) is 1. The third kappa shape index (κ3) is 9.29. The zero-order chi connectivity index (χ0) is 48.1. The van der Waals surface area contributed by atoms with Gasteiger partial charge in [0.15, 0.2) is 17.5 Å². The quantitative estimate of drug-likeness (QED) is 0.169. The molecule has 2 aromatic rings. The molecule has 70 heavy (non-hydrogen) atoms. The van der Waals surface area contributed by atoms with E-state index in [1.54, 1.807) is 0 Å². The van der Waals surface area contributed by atoms with Crippen molar-refractivity contribution in [3.63, 3.8) is 0 Å². The van der Waals surface area contributed by atoms with Crippen LogP contribution in [-0.4, -0.2) is 74.5 Å². The molecular weight excluding hydrogens is 913 g/mol. The Kier molecular flexibility index (Phi) is 14.0. The van der Waals surface area contributed by atoms with Crippen LogP contribution in [0.15, 0.2) is 41.4 Å². The molecule has 10 nitrogen and oxygen atoms in total. The minimum atomic E-state index is -0.770. The summed E-state index contributed by atoms with van der Waals surface area (Å²) in [4.78, 5) is 34.9. The van der Waals surface area contributed by atoms with Gasteiger partial charge >= 0.3 is 5.97 Å². The van der Waals surface area contributed by atoms with Gasteiger partial charge in [0.1, 0.15) is 16.6 Å². The maximum absolute atomic E-state index is 14.8. The standard InChI is InChI=1S/C58H82N4O6S2/c1-39(63)68-56-30-21-41(48(64)33-56)15-10-25-54(23-5-6-24-54)38-69-70-58(29-11-28-55(58)26-7-8-27-55)61-53(59)60-35-45-18-20-47(40-12-3-2-4-13-40)57(45)34-50(65)62(37-57)36-44-32-43(22-31-56)46-19-17-42-14-9-16-49(42)67-52(46)51(44)66/h2-4,12-13,32,41-42,45,47-49,64,66H,5-11,14-31,33-38H2,1H3,(H3,59,60,61). The lowest BCUT2D eigenvalue weighted by atomic mass is 9.68. The fourth-order valence-corrected chi connectivity index (χ4v) is 21.1. The first-order chi connectivity index (χ1) is 33.9. The molecule has 12 heteroatoms. The lowest BCUT2D eigenvalue weighted by molar-refractivity contribution is -0.168. The van der Waals surface area contributed by atoms with E-state index in [1.165, 1.54) is 83.1 Å². The van der Waals surface area contributed by atoms with E-state index in [2.05, 4.69) is 63.3 Å². The molecule has 4 heterocycles. The van der Waals surface area contributed by atoms with Crippen LogP contribution >= 0.6 is 21.6 Å². The summed E-state index contributed by atoms with van der Waals surface area (Å²) in [6.45, 7) is 2.97. The summed E-state index contributed by atoms with van der Waals surface area (Å²) in [5.74, 6) is 3.29. The third-order valence-electron chi connectivity index (χ3n) is 20.6. The minimum Gasteiger partial charge on any atom is -0.504 e. The first-order valence-corrected chi connectivity index (χ1v) is 30.4. The van der Waals surface area contributed by atoms with Crippen LogP contribution in [0.4, 0.5) is 0 Å². The van der Waals surface area contributed by atoms with Crippen LogP contribution in [-0.2, 0) is 33.7 Å². The maximum Gasteiger partial charge on any atom is 0.303 e. The number of aryl methyl sites for hydroxylation is 1. The molecule has 1 saturated heterocycles. The second kappa shape index (κ2) is 20.0. The average molecular weight is 995 g/mol. The molecule has 10 aliphatic rings. The molecule has 4 aliphatic heterocycles. The van der Waals surface area contributed by atoms with Gasteiger partial charge in [-0.15, -0.1) is 0 Å². The number of aliphatic imine (C=N–C) groups is 1. The van der Waals surface area contributed by atoms with E-state index >= 15 is 0 Å². The molecule has 2 aromatic carbocycles. The number of hydrogen-bond acceptors (Lipinski definition) is 11.